The maximum absolute atomic E-state index is 8.99. The van der Waals surface area contributed by atoms with Crippen molar-refractivity contribution < 1.29 is 0 Å². The number of anilines is 1. The minimum atomic E-state index is 0.564. The molecule has 3 rings (SSSR count). The van der Waals surface area contributed by atoms with Crippen LogP contribution in [0, 0.1) is 11.3 Å². The predicted octanol–water partition coefficient (Wildman–Crippen LogP) is 3.71. The summed E-state index contributed by atoms with van der Waals surface area (Å²) in [6.45, 7) is 3.23. The average Bonchev–Trinajstić information content (AvgIpc) is 2.83. The topological polar surface area (TPSA) is 39.1 Å². The maximum atomic E-state index is 8.99. The second-order valence-corrected chi connectivity index (χ2v) is 6.64. The van der Waals surface area contributed by atoms with E-state index in [0.717, 1.165) is 18.7 Å². The van der Waals surface area contributed by atoms with E-state index < -0.39 is 0 Å². The van der Waals surface area contributed by atoms with Gasteiger partial charge in [0.05, 0.1) is 22.3 Å². The highest BCUT2D eigenvalue weighted by Gasteiger charge is 2.36. The quantitative estimate of drug-likeness (QED) is 0.921. The van der Waals surface area contributed by atoms with Gasteiger partial charge in [-0.2, -0.15) is 5.26 Å². The molecule has 2 fully saturated rings. The lowest BCUT2D eigenvalue weighted by Gasteiger charge is -2.39. The molecule has 2 saturated heterocycles. The Bertz CT molecular complexity index is 539. The summed E-state index contributed by atoms with van der Waals surface area (Å²) in [5.74, 6) is 0. The van der Waals surface area contributed by atoms with Gasteiger partial charge in [-0.25, -0.2) is 0 Å². The van der Waals surface area contributed by atoms with E-state index in [1.165, 1.54) is 25.7 Å². The van der Waals surface area contributed by atoms with Crippen molar-refractivity contribution in [2.45, 2.75) is 57.2 Å². The summed E-state index contributed by atoms with van der Waals surface area (Å²) in [5.41, 5.74) is 1.72. The van der Waals surface area contributed by atoms with Gasteiger partial charge in [-0.15, -0.1) is 0 Å². The van der Waals surface area contributed by atoms with E-state index >= 15 is 0 Å². The molecule has 21 heavy (non-hydrogen) atoms. The number of fused-ring (bicyclic) bond motifs is 2. The van der Waals surface area contributed by atoms with Crippen LogP contribution in [-0.2, 0) is 0 Å². The van der Waals surface area contributed by atoms with E-state index in [0.29, 0.717) is 28.7 Å². The summed E-state index contributed by atoms with van der Waals surface area (Å²) < 4.78 is 0. The molecule has 2 heterocycles. The van der Waals surface area contributed by atoms with Crippen LogP contribution in [0.4, 0.5) is 5.69 Å². The fraction of sp³-hybridized carbons (Fsp3) is 0.588. The Hall–Kier alpha value is -1.24. The third-order valence-corrected chi connectivity index (χ3v) is 5.04. The molecule has 0 saturated carbocycles. The van der Waals surface area contributed by atoms with Crippen molar-refractivity contribution in [3.63, 3.8) is 0 Å². The van der Waals surface area contributed by atoms with Gasteiger partial charge in [0.2, 0.25) is 0 Å². The predicted molar refractivity (Wildman–Crippen MR) is 86.8 cm³/mol. The molecular weight excluding hydrogens is 282 g/mol. The van der Waals surface area contributed by atoms with E-state index in [1.807, 2.05) is 12.1 Å². The van der Waals surface area contributed by atoms with E-state index in [1.54, 1.807) is 6.07 Å². The van der Waals surface area contributed by atoms with E-state index in [9.17, 15) is 0 Å². The Balaban J connectivity index is 1.86. The second kappa shape index (κ2) is 6.25. The highest BCUT2D eigenvalue weighted by Crippen LogP contribution is 2.35. The van der Waals surface area contributed by atoms with Gasteiger partial charge in [0, 0.05) is 24.7 Å². The summed E-state index contributed by atoms with van der Waals surface area (Å²) in [5, 5.41) is 13.4. The Morgan fingerprint density at radius 1 is 1.33 bits per heavy atom. The molecule has 4 heteroatoms. The van der Waals surface area contributed by atoms with Crippen LogP contribution in [0.25, 0.3) is 0 Å². The largest absolute Gasteiger partial charge is 0.367 e. The van der Waals surface area contributed by atoms with Gasteiger partial charge >= 0.3 is 0 Å². The molecule has 2 bridgehead atoms. The molecule has 0 aliphatic carbocycles. The average molecular weight is 304 g/mol. The molecule has 0 radical (unpaired) electrons. The van der Waals surface area contributed by atoms with Crippen LogP contribution >= 0.6 is 11.6 Å². The number of nitriles is 1. The van der Waals surface area contributed by atoms with E-state index in [-0.39, 0.29) is 0 Å². The number of nitrogens with zero attached hydrogens (tertiary/aromatic N) is 2. The smallest absolute Gasteiger partial charge is 0.0992 e. The molecule has 0 amide bonds. The molecule has 1 N–H and O–H groups in total. The molecule has 2 aliphatic rings. The standard InChI is InChI=1S/C17H22ClN3/c1-2-7-21(15-9-13-4-5-14(10-15)20-13)17-6-3-12(11-19)8-16(17)18/h3,6,8,13-15,20H,2,4-5,7,9-10H2,1H3. The summed E-state index contributed by atoms with van der Waals surface area (Å²) in [7, 11) is 0. The zero-order valence-electron chi connectivity index (χ0n) is 12.5. The monoisotopic (exact) mass is 303 g/mol. The van der Waals surface area contributed by atoms with Crippen molar-refractivity contribution in [2.75, 3.05) is 11.4 Å². The molecule has 0 aromatic heterocycles. The van der Waals surface area contributed by atoms with Crippen molar-refractivity contribution in [1.29, 1.82) is 5.26 Å². The van der Waals surface area contributed by atoms with Gasteiger partial charge in [0.1, 0.15) is 0 Å². The first-order valence-electron chi connectivity index (χ1n) is 7.93. The number of piperidine rings is 1. The maximum Gasteiger partial charge on any atom is 0.0992 e. The molecule has 0 spiro atoms. The third kappa shape index (κ3) is 3.02. The Morgan fingerprint density at radius 3 is 2.62 bits per heavy atom. The molecule has 2 aliphatic heterocycles. The highest BCUT2D eigenvalue weighted by molar-refractivity contribution is 6.33. The lowest BCUT2D eigenvalue weighted by atomic mass is 9.97. The number of hydrogen-bond acceptors (Lipinski definition) is 3. The number of benzene rings is 1. The van der Waals surface area contributed by atoms with Crippen molar-refractivity contribution in [2.24, 2.45) is 0 Å². The van der Waals surface area contributed by atoms with Crippen molar-refractivity contribution >= 4 is 17.3 Å². The molecular formula is C17H22ClN3. The van der Waals surface area contributed by atoms with Crippen LogP contribution in [0.15, 0.2) is 18.2 Å². The van der Waals surface area contributed by atoms with Crippen LogP contribution in [0.5, 0.6) is 0 Å². The summed E-state index contributed by atoms with van der Waals surface area (Å²) in [4.78, 5) is 2.47. The summed E-state index contributed by atoms with van der Waals surface area (Å²) in [6, 6.07) is 9.74. The normalized spacial score (nSPS) is 27.4. The Morgan fingerprint density at radius 2 is 2.05 bits per heavy atom. The van der Waals surface area contributed by atoms with Gasteiger partial charge in [-0.1, -0.05) is 18.5 Å². The van der Waals surface area contributed by atoms with Crippen LogP contribution < -0.4 is 10.2 Å². The minimum Gasteiger partial charge on any atom is -0.367 e. The fourth-order valence-electron chi connectivity index (χ4n) is 3.83. The van der Waals surface area contributed by atoms with Crippen molar-refractivity contribution in [3.8, 4) is 6.07 Å². The van der Waals surface area contributed by atoms with Crippen LogP contribution in [0.3, 0.4) is 0 Å². The van der Waals surface area contributed by atoms with E-state index in [2.05, 4.69) is 23.2 Å². The zero-order valence-corrected chi connectivity index (χ0v) is 13.2. The van der Waals surface area contributed by atoms with Gasteiger partial charge in [0.15, 0.2) is 0 Å². The lowest BCUT2D eigenvalue weighted by Crippen LogP contribution is -2.48. The van der Waals surface area contributed by atoms with Gasteiger partial charge < -0.3 is 10.2 Å². The van der Waals surface area contributed by atoms with Crippen LogP contribution in [0.1, 0.15) is 44.6 Å². The second-order valence-electron chi connectivity index (χ2n) is 6.23. The molecule has 1 aromatic carbocycles. The minimum absolute atomic E-state index is 0.564. The molecule has 3 nitrogen and oxygen atoms in total. The van der Waals surface area contributed by atoms with Crippen molar-refractivity contribution in [1.82, 2.24) is 5.32 Å². The lowest BCUT2D eigenvalue weighted by molar-refractivity contribution is 0.347. The van der Waals surface area contributed by atoms with Crippen molar-refractivity contribution in [3.05, 3.63) is 28.8 Å². The van der Waals surface area contributed by atoms with Crippen LogP contribution in [-0.4, -0.2) is 24.7 Å². The summed E-state index contributed by atoms with van der Waals surface area (Å²) in [6.07, 6.45) is 6.12. The Kier molecular flexibility index (Phi) is 4.37. The number of nitrogens with one attached hydrogen (secondary N) is 1. The first-order valence-corrected chi connectivity index (χ1v) is 8.31. The number of halogens is 1. The number of hydrogen-bond donors (Lipinski definition) is 1. The summed E-state index contributed by atoms with van der Waals surface area (Å²) >= 11 is 6.44. The first-order chi connectivity index (χ1) is 10.2. The van der Waals surface area contributed by atoms with Gasteiger partial charge in [-0.3, -0.25) is 0 Å². The van der Waals surface area contributed by atoms with Crippen LogP contribution in [0.2, 0.25) is 5.02 Å². The fourth-order valence-corrected chi connectivity index (χ4v) is 4.12. The number of rotatable bonds is 4. The van der Waals surface area contributed by atoms with Gasteiger partial charge in [-0.05, 0) is 50.3 Å². The Labute approximate surface area is 131 Å². The molecule has 2 unspecified atom stereocenters. The molecule has 1 aromatic rings. The highest BCUT2D eigenvalue weighted by atomic mass is 35.5. The molecule has 2 atom stereocenters. The molecule has 112 valence electrons. The van der Waals surface area contributed by atoms with Gasteiger partial charge in [0.25, 0.3) is 0 Å². The zero-order chi connectivity index (χ0) is 14.8. The first kappa shape index (κ1) is 14.7. The van der Waals surface area contributed by atoms with E-state index in [4.69, 9.17) is 16.9 Å². The third-order valence-electron chi connectivity index (χ3n) is 4.74. The SMILES string of the molecule is CCCN(c1ccc(C#N)cc1Cl)C1CC2CCC(C1)N2.